The maximum absolute atomic E-state index is 10.7. The molecule has 0 bridgehead atoms. The highest BCUT2D eigenvalue weighted by molar-refractivity contribution is 7.10. The second kappa shape index (κ2) is 3.71. The van der Waals surface area contributed by atoms with Crippen molar-refractivity contribution in [2.24, 2.45) is 0 Å². The summed E-state index contributed by atoms with van der Waals surface area (Å²) >= 11 is 1.71. The third kappa shape index (κ3) is 1.67. The first kappa shape index (κ1) is 9.68. The molecule has 0 spiro atoms. The molecule has 1 fully saturated rings. The number of thiophene rings is 1. The molecule has 1 aromatic rings. The molecule has 2 atom stereocenters. The third-order valence-electron chi connectivity index (χ3n) is 2.66. The summed E-state index contributed by atoms with van der Waals surface area (Å²) < 4.78 is 0. The summed E-state index contributed by atoms with van der Waals surface area (Å²) in [6.07, 6.45) is 1.66. The Morgan fingerprint density at radius 1 is 1.64 bits per heavy atom. The lowest BCUT2D eigenvalue weighted by atomic mass is 10.1. The lowest BCUT2D eigenvalue weighted by molar-refractivity contribution is -0.139. The van der Waals surface area contributed by atoms with Crippen molar-refractivity contribution in [3.05, 3.63) is 21.9 Å². The number of carboxylic acid groups (broad SMARTS) is 1. The summed E-state index contributed by atoms with van der Waals surface area (Å²) in [5.41, 5.74) is 1.26. The van der Waals surface area contributed by atoms with Crippen molar-refractivity contribution in [3.63, 3.8) is 0 Å². The molecule has 0 aliphatic carbocycles. The van der Waals surface area contributed by atoms with Crippen LogP contribution in [0.25, 0.3) is 0 Å². The van der Waals surface area contributed by atoms with Crippen LogP contribution in [0.4, 0.5) is 0 Å². The van der Waals surface area contributed by atoms with E-state index in [1.807, 2.05) is 0 Å². The summed E-state index contributed by atoms with van der Waals surface area (Å²) in [6.45, 7) is 2.07. The normalized spacial score (nSPS) is 26.6. The summed E-state index contributed by atoms with van der Waals surface area (Å²) in [5.74, 6) is -0.735. The molecule has 2 heterocycles. The number of hydrogen-bond donors (Lipinski definition) is 2. The van der Waals surface area contributed by atoms with Crippen LogP contribution in [0.15, 0.2) is 11.4 Å². The van der Waals surface area contributed by atoms with Gasteiger partial charge in [0, 0.05) is 10.9 Å². The van der Waals surface area contributed by atoms with Crippen LogP contribution in [-0.2, 0) is 4.79 Å². The smallest absolute Gasteiger partial charge is 0.320 e. The Kier molecular flexibility index (Phi) is 2.56. The number of nitrogens with one attached hydrogen (secondary N) is 1. The fourth-order valence-electron chi connectivity index (χ4n) is 1.89. The van der Waals surface area contributed by atoms with E-state index in [4.69, 9.17) is 5.11 Å². The van der Waals surface area contributed by atoms with E-state index >= 15 is 0 Å². The fourth-order valence-corrected chi connectivity index (χ4v) is 2.91. The first-order valence-electron chi connectivity index (χ1n) is 4.71. The predicted octanol–water partition coefficient (Wildman–Crippen LogP) is 1.93. The molecule has 1 aliphatic rings. The minimum absolute atomic E-state index is 0.246. The minimum Gasteiger partial charge on any atom is -0.480 e. The van der Waals surface area contributed by atoms with Crippen LogP contribution in [-0.4, -0.2) is 17.1 Å². The molecular weight excluding hydrogens is 198 g/mol. The molecule has 2 unspecified atom stereocenters. The molecule has 1 aromatic heterocycles. The van der Waals surface area contributed by atoms with Gasteiger partial charge in [-0.05, 0) is 36.8 Å². The molecule has 4 heteroatoms. The van der Waals surface area contributed by atoms with E-state index in [1.54, 1.807) is 11.3 Å². The Morgan fingerprint density at radius 3 is 2.93 bits per heavy atom. The van der Waals surface area contributed by atoms with E-state index < -0.39 is 5.97 Å². The van der Waals surface area contributed by atoms with Crippen LogP contribution in [0.2, 0.25) is 0 Å². The van der Waals surface area contributed by atoms with Gasteiger partial charge in [0.2, 0.25) is 0 Å². The minimum atomic E-state index is -0.735. The zero-order chi connectivity index (χ0) is 10.1. The Balaban J connectivity index is 2.10. The largest absolute Gasteiger partial charge is 0.480 e. The molecule has 0 saturated carbocycles. The topological polar surface area (TPSA) is 49.3 Å². The first-order chi connectivity index (χ1) is 6.68. The van der Waals surface area contributed by atoms with Crippen LogP contribution in [0.5, 0.6) is 0 Å². The molecule has 0 aromatic carbocycles. The number of carbonyl (C=O) groups is 1. The Hall–Kier alpha value is -0.870. The van der Waals surface area contributed by atoms with Crippen molar-refractivity contribution in [2.75, 3.05) is 0 Å². The number of hydrogen-bond acceptors (Lipinski definition) is 3. The van der Waals surface area contributed by atoms with Crippen molar-refractivity contribution >= 4 is 17.3 Å². The standard InChI is InChI=1S/C10H13NO2S/c1-6-4-5-14-9(6)7-2-3-8(11-7)10(12)13/h4-5,7-8,11H,2-3H2,1H3,(H,12,13). The van der Waals surface area contributed by atoms with Gasteiger partial charge < -0.3 is 5.11 Å². The van der Waals surface area contributed by atoms with Gasteiger partial charge in [-0.25, -0.2) is 0 Å². The van der Waals surface area contributed by atoms with Gasteiger partial charge in [-0.15, -0.1) is 11.3 Å². The Morgan fingerprint density at radius 2 is 2.43 bits per heavy atom. The van der Waals surface area contributed by atoms with E-state index in [-0.39, 0.29) is 12.1 Å². The quantitative estimate of drug-likeness (QED) is 0.786. The third-order valence-corrected chi connectivity index (χ3v) is 3.80. The van der Waals surface area contributed by atoms with Crippen molar-refractivity contribution in [2.45, 2.75) is 31.8 Å². The molecule has 0 radical (unpaired) electrons. The second-order valence-corrected chi connectivity index (χ2v) is 4.60. The summed E-state index contributed by atoms with van der Waals surface area (Å²) in [4.78, 5) is 12.0. The highest BCUT2D eigenvalue weighted by atomic mass is 32.1. The van der Waals surface area contributed by atoms with E-state index in [2.05, 4.69) is 23.7 Å². The molecule has 14 heavy (non-hydrogen) atoms. The highest BCUT2D eigenvalue weighted by Gasteiger charge is 2.30. The van der Waals surface area contributed by atoms with Crippen LogP contribution in [0, 0.1) is 6.92 Å². The van der Waals surface area contributed by atoms with Gasteiger partial charge in [-0.1, -0.05) is 0 Å². The van der Waals surface area contributed by atoms with Gasteiger partial charge in [0.15, 0.2) is 0 Å². The second-order valence-electron chi connectivity index (χ2n) is 3.66. The summed E-state index contributed by atoms with van der Waals surface area (Å²) in [7, 11) is 0. The van der Waals surface area contributed by atoms with E-state index in [0.717, 1.165) is 12.8 Å². The molecule has 76 valence electrons. The molecule has 0 amide bonds. The van der Waals surface area contributed by atoms with Crippen LogP contribution >= 0.6 is 11.3 Å². The van der Waals surface area contributed by atoms with Crippen molar-refractivity contribution < 1.29 is 9.90 Å². The van der Waals surface area contributed by atoms with Crippen LogP contribution in [0.1, 0.15) is 29.3 Å². The molecule has 1 saturated heterocycles. The van der Waals surface area contributed by atoms with Gasteiger partial charge in [0.05, 0.1) is 0 Å². The molecule has 1 aliphatic heterocycles. The molecule has 3 nitrogen and oxygen atoms in total. The number of carboxylic acids is 1. The van der Waals surface area contributed by atoms with Gasteiger partial charge in [0.1, 0.15) is 6.04 Å². The average Bonchev–Trinajstić information content (AvgIpc) is 2.71. The van der Waals surface area contributed by atoms with Gasteiger partial charge in [-0.2, -0.15) is 0 Å². The van der Waals surface area contributed by atoms with Gasteiger partial charge in [0.25, 0.3) is 0 Å². The van der Waals surface area contributed by atoms with E-state index in [1.165, 1.54) is 10.4 Å². The maximum Gasteiger partial charge on any atom is 0.320 e. The maximum atomic E-state index is 10.7. The van der Waals surface area contributed by atoms with Gasteiger partial charge >= 0.3 is 5.97 Å². The summed E-state index contributed by atoms with van der Waals surface area (Å²) in [5, 5.41) is 14.0. The molecule has 2 rings (SSSR count). The van der Waals surface area contributed by atoms with E-state index in [9.17, 15) is 4.79 Å². The van der Waals surface area contributed by atoms with Crippen molar-refractivity contribution in [1.82, 2.24) is 5.32 Å². The fraction of sp³-hybridized carbons (Fsp3) is 0.500. The summed E-state index contributed by atoms with van der Waals surface area (Å²) in [6, 6.07) is 1.97. The number of rotatable bonds is 2. The molecular formula is C10H13NO2S. The molecule has 2 N–H and O–H groups in total. The average molecular weight is 211 g/mol. The van der Waals surface area contributed by atoms with Crippen LogP contribution < -0.4 is 5.32 Å². The first-order valence-corrected chi connectivity index (χ1v) is 5.59. The van der Waals surface area contributed by atoms with E-state index in [0.29, 0.717) is 0 Å². The number of aryl methyl sites for hydroxylation is 1. The van der Waals surface area contributed by atoms with Crippen molar-refractivity contribution in [3.8, 4) is 0 Å². The Labute approximate surface area is 86.8 Å². The lowest BCUT2D eigenvalue weighted by Gasteiger charge is -2.10. The van der Waals surface area contributed by atoms with Crippen molar-refractivity contribution in [1.29, 1.82) is 0 Å². The van der Waals surface area contributed by atoms with Crippen LogP contribution in [0.3, 0.4) is 0 Å². The predicted molar refractivity (Wildman–Crippen MR) is 55.6 cm³/mol. The lowest BCUT2D eigenvalue weighted by Crippen LogP contribution is -2.31. The SMILES string of the molecule is Cc1ccsc1C1CCC(C(=O)O)N1. The Bertz CT molecular complexity index is 348. The zero-order valence-corrected chi connectivity index (χ0v) is 8.80. The number of aliphatic carboxylic acids is 1. The zero-order valence-electron chi connectivity index (χ0n) is 7.99. The monoisotopic (exact) mass is 211 g/mol. The highest BCUT2D eigenvalue weighted by Crippen LogP contribution is 2.32. The van der Waals surface area contributed by atoms with Gasteiger partial charge in [-0.3, -0.25) is 10.1 Å².